The quantitative estimate of drug-likeness (QED) is 0.710. The van der Waals surface area contributed by atoms with Gasteiger partial charge in [-0.3, -0.25) is 4.79 Å². The Labute approximate surface area is 124 Å². The Kier molecular flexibility index (Phi) is 4.57. The Balaban J connectivity index is 2.38. The summed E-state index contributed by atoms with van der Waals surface area (Å²) in [4.78, 5) is 13.8. The second-order valence-electron chi connectivity index (χ2n) is 5.30. The molecule has 0 saturated carbocycles. The topological polar surface area (TPSA) is 96.0 Å². The highest BCUT2D eigenvalue weighted by atomic mass is 16.5. The van der Waals surface area contributed by atoms with Crippen molar-refractivity contribution < 1.29 is 19.7 Å². The maximum Gasteiger partial charge on any atom is 0.256 e. The average molecular weight is 294 g/mol. The zero-order valence-electron chi connectivity index (χ0n) is 12.4. The summed E-state index contributed by atoms with van der Waals surface area (Å²) < 4.78 is 4.96. The first-order valence-corrected chi connectivity index (χ1v) is 7.15. The second-order valence-corrected chi connectivity index (χ2v) is 5.30. The van der Waals surface area contributed by atoms with Gasteiger partial charge >= 0.3 is 0 Å². The number of aromatic hydroxyl groups is 2. The van der Waals surface area contributed by atoms with Crippen LogP contribution in [0.3, 0.4) is 0 Å². The van der Waals surface area contributed by atoms with Crippen molar-refractivity contribution in [3.8, 4) is 17.2 Å². The molecular formula is C15H22N2O4. The Morgan fingerprint density at radius 3 is 2.81 bits per heavy atom. The third-order valence-electron chi connectivity index (χ3n) is 4.12. The molecule has 1 unspecified atom stereocenters. The number of amides is 1. The fourth-order valence-electron chi connectivity index (χ4n) is 3.08. The molecule has 116 valence electrons. The molecule has 0 radical (unpaired) electrons. The number of nitrogens with two attached hydrogens (primary N) is 1. The zero-order valence-corrected chi connectivity index (χ0v) is 12.4. The van der Waals surface area contributed by atoms with Gasteiger partial charge in [0.1, 0.15) is 11.3 Å². The van der Waals surface area contributed by atoms with Crippen LogP contribution in [0, 0.1) is 0 Å². The van der Waals surface area contributed by atoms with Crippen molar-refractivity contribution in [1.29, 1.82) is 0 Å². The van der Waals surface area contributed by atoms with Crippen molar-refractivity contribution in [2.75, 3.05) is 20.2 Å². The number of carbonyl (C=O) groups excluding carboxylic acids is 1. The summed E-state index contributed by atoms with van der Waals surface area (Å²) in [5.41, 5.74) is 5.65. The number of phenols is 2. The highest BCUT2D eigenvalue weighted by molar-refractivity contribution is 5.99. The molecule has 1 amide bonds. The lowest BCUT2D eigenvalue weighted by Crippen LogP contribution is -2.30. The highest BCUT2D eigenvalue weighted by Gasteiger charge is 2.27. The van der Waals surface area contributed by atoms with Crippen LogP contribution in [0.25, 0.3) is 0 Å². The first-order chi connectivity index (χ1) is 9.99. The molecule has 1 aliphatic heterocycles. The standard InChI is InChI=1S/C15H22N2O4/c1-3-17-6-4-5-10(17)7-9-8-11(18)14(21-2)12(13(9)19)15(16)20/h8,10,18-19H,3-7H2,1-2H3,(H2,16,20). The van der Waals surface area contributed by atoms with E-state index in [-0.39, 0.29) is 22.8 Å². The van der Waals surface area contributed by atoms with Gasteiger partial charge in [-0.2, -0.15) is 0 Å². The Hall–Kier alpha value is -1.95. The van der Waals surface area contributed by atoms with Crippen LogP contribution in [-0.2, 0) is 6.42 Å². The van der Waals surface area contributed by atoms with Gasteiger partial charge in [0.15, 0.2) is 11.5 Å². The number of likely N-dealkylation sites (tertiary alicyclic amines) is 1. The number of carbonyl (C=O) groups is 1. The number of phenolic OH excluding ortho intramolecular Hbond substituents is 1. The molecule has 6 heteroatoms. The van der Waals surface area contributed by atoms with Gasteiger partial charge in [0.05, 0.1) is 7.11 Å². The molecule has 1 saturated heterocycles. The van der Waals surface area contributed by atoms with E-state index in [1.54, 1.807) is 0 Å². The van der Waals surface area contributed by atoms with Crippen molar-refractivity contribution in [2.45, 2.75) is 32.2 Å². The fraction of sp³-hybridized carbons (Fsp3) is 0.533. The molecule has 0 spiro atoms. The van der Waals surface area contributed by atoms with Crippen molar-refractivity contribution in [3.05, 3.63) is 17.2 Å². The monoisotopic (exact) mass is 294 g/mol. The van der Waals surface area contributed by atoms with Gasteiger partial charge in [-0.1, -0.05) is 6.92 Å². The summed E-state index contributed by atoms with van der Waals surface area (Å²) in [5, 5.41) is 20.3. The highest BCUT2D eigenvalue weighted by Crippen LogP contribution is 2.40. The maximum atomic E-state index is 11.5. The summed E-state index contributed by atoms with van der Waals surface area (Å²) in [6, 6.07) is 1.75. The van der Waals surface area contributed by atoms with E-state index in [0.29, 0.717) is 18.0 Å². The van der Waals surface area contributed by atoms with E-state index in [1.807, 2.05) is 0 Å². The zero-order chi connectivity index (χ0) is 15.6. The van der Waals surface area contributed by atoms with E-state index in [9.17, 15) is 15.0 Å². The van der Waals surface area contributed by atoms with E-state index in [0.717, 1.165) is 25.9 Å². The van der Waals surface area contributed by atoms with E-state index in [1.165, 1.54) is 13.2 Å². The summed E-state index contributed by atoms with van der Waals surface area (Å²) in [5.74, 6) is -1.27. The van der Waals surface area contributed by atoms with Crippen molar-refractivity contribution >= 4 is 5.91 Å². The van der Waals surface area contributed by atoms with E-state index < -0.39 is 5.91 Å². The third kappa shape index (κ3) is 2.90. The van der Waals surface area contributed by atoms with E-state index in [4.69, 9.17) is 10.5 Å². The average Bonchev–Trinajstić information content (AvgIpc) is 2.88. The van der Waals surface area contributed by atoms with Gasteiger partial charge in [0, 0.05) is 11.6 Å². The lowest BCUT2D eigenvalue weighted by atomic mass is 9.98. The third-order valence-corrected chi connectivity index (χ3v) is 4.12. The summed E-state index contributed by atoms with van der Waals surface area (Å²) in [6.07, 6.45) is 2.72. The molecule has 2 rings (SSSR count). The first-order valence-electron chi connectivity index (χ1n) is 7.15. The van der Waals surface area contributed by atoms with Crippen LogP contribution in [0.2, 0.25) is 0 Å². The smallest absolute Gasteiger partial charge is 0.256 e. The molecule has 21 heavy (non-hydrogen) atoms. The van der Waals surface area contributed by atoms with Gasteiger partial charge in [-0.05, 0) is 38.4 Å². The molecule has 0 bridgehead atoms. The van der Waals surface area contributed by atoms with Crippen LogP contribution in [0.15, 0.2) is 6.07 Å². The molecule has 1 heterocycles. The number of hydrogen-bond donors (Lipinski definition) is 3. The van der Waals surface area contributed by atoms with Gasteiger partial charge in [0.25, 0.3) is 5.91 Å². The largest absolute Gasteiger partial charge is 0.507 e. The number of primary amides is 1. The van der Waals surface area contributed by atoms with Crippen molar-refractivity contribution in [1.82, 2.24) is 4.90 Å². The van der Waals surface area contributed by atoms with Crippen molar-refractivity contribution in [3.63, 3.8) is 0 Å². The molecule has 4 N–H and O–H groups in total. The molecule has 1 atom stereocenters. The van der Waals surface area contributed by atoms with Gasteiger partial charge < -0.3 is 25.6 Å². The summed E-state index contributed by atoms with van der Waals surface area (Å²) >= 11 is 0. The summed E-state index contributed by atoms with van der Waals surface area (Å²) in [7, 11) is 1.32. The Morgan fingerprint density at radius 1 is 1.52 bits per heavy atom. The van der Waals surface area contributed by atoms with Gasteiger partial charge in [-0.15, -0.1) is 0 Å². The normalized spacial score (nSPS) is 18.9. The number of hydrogen-bond acceptors (Lipinski definition) is 5. The predicted octanol–water partition coefficient (Wildman–Crippen LogP) is 1.23. The lowest BCUT2D eigenvalue weighted by molar-refractivity contribution is 0.0993. The predicted molar refractivity (Wildman–Crippen MR) is 78.8 cm³/mol. The van der Waals surface area contributed by atoms with Crippen LogP contribution >= 0.6 is 0 Å². The van der Waals surface area contributed by atoms with Crippen LogP contribution in [-0.4, -0.2) is 47.3 Å². The second kappa shape index (κ2) is 6.22. The minimum absolute atomic E-state index is 0.0810. The van der Waals surface area contributed by atoms with E-state index >= 15 is 0 Å². The Morgan fingerprint density at radius 2 is 2.24 bits per heavy atom. The van der Waals surface area contributed by atoms with E-state index in [2.05, 4.69) is 11.8 Å². The molecule has 1 aliphatic rings. The molecule has 1 aromatic carbocycles. The number of nitrogens with zero attached hydrogens (tertiary/aromatic N) is 1. The lowest BCUT2D eigenvalue weighted by Gasteiger charge is -2.23. The SMILES string of the molecule is CCN1CCCC1Cc1cc(O)c(OC)c(C(N)=O)c1O. The first kappa shape index (κ1) is 15.4. The Bertz CT molecular complexity index is 545. The van der Waals surface area contributed by atoms with Crippen LogP contribution < -0.4 is 10.5 Å². The minimum atomic E-state index is -0.819. The molecule has 6 nitrogen and oxygen atoms in total. The molecule has 0 aliphatic carbocycles. The summed E-state index contributed by atoms with van der Waals surface area (Å²) in [6.45, 7) is 4.07. The number of methoxy groups -OCH3 is 1. The van der Waals surface area contributed by atoms with Crippen molar-refractivity contribution in [2.24, 2.45) is 5.73 Å². The molecule has 1 aromatic rings. The molecule has 0 aromatic heterocycles. The molecule has 1 fully saturated rings. The fourth-order valence-corrected chi connectivity index (χ4v) is 3.08. The number of benzene rings is 1. The minimum Gasteiger partial charge on any atom is -0.507 e. The number of likely N-dealkylation sites (N-methyl/N-ethyl adjacent to an activating group) is 1. The van der Waals surface area contributed by atoms with Crippen LogP contribution in [0.1, 0.15) is 35.7 Å². The van der Waals surface area contributed by atoms with Gasteiger partial charge in [-0.25, -0.2) is 0 Å². The maximum absolute atomic E-state index is 11.5. The molecular weight excluding hydrogens is 272 g/mol. The number of rotatable bonds is 5. The van der Waals surface area contributed by atoms with Crippen LogP contribution in [0.5, 0.6) is 17.2 Å². The van der Waals surface area contributed by atoms with Crippen LogP contribution in [0.4, 0.5) is 0 Å². The number of ether oxygens (including phenoxy) is 1. The van der Waals surface area contributed by atoms with Gasteiger partial charge in [0.2, 0.25) is 0 Å².